The van der Waals surface area contributed by atoms with Crippen molar-refractivity contribution < 1.29 is 49.0 Å². The molecule has 0 nitrogen and oxygen atoms in total. The summed E-state index contributed by atoms with van der Waals surface area (Å²) >= 11 is 1.69. The molecule has 0 heterocycles. The van der Waals surface area contributed by atoms with E-state index in [0.717, 1.165) is 6.42 Å². The standard InChI is InChI=1S/C17H11.C6H10.C5H5.2ClH.Zr/c1-3-7-14-12(5-1)9-10-16-15-8-4-2-6-13(15)11-17(14)16;1-2-4-6-5-3-1;1-2-4-5-3-1;;;/h1-6,8-10H,11H2;1-5H2;1-5H;2*1H;/q-1;;-1;;;+2/p-2. The first-order valence-corrected chi connectivity index (χ1v) is 11.8. The molecule has 0 aromatic heterocycles. The molecule has 4 aromatic rings. The van der Waals surface area contributed by atoms with Gasteiger partial charge in [0, 0.05) is 0 Å². The van der Waals surface area contributed by atoms with E-state index in [0.29, 0.717) is 0 Å². The van der Waals surface area contributed by atoms with Crippen molar-refractivity contribution in [1.29, 1.82) is 0 Å². The molecule has 1 fully saturated rings. The van der Waals surface area contributed by atoms with Gasteiger partial charge in [-0.3, -0.25) is 0 Å². The first-order valence-electron chi connectivity index (χ1n) is 10.6. The van der Waals surface area contributed by atoms with Crippen molar-refractivity contribution in [3.8, 4) is 11.1 Å². The first kappa shape index (κ1) is 25.9. The van der Waals surface area contributed by atoms with Crippen molar-refractivity contribution >= 4 is 14.0 Å². The summed E-state index contributed by atoms with van der Waals surface area (Å²) in [5.41, 5.74) is 5.65. The summed E-state index contributed by atoms with van der Waals surface area (Å²) in [6.45, 7) is 0. The second-order valence-corrected chi connectivity index (χ2v) is 9.42. The van der Waals surface area contributed by atoms with E-state index in [-0.39, 0.29) is 24.8 Å². The van der Waals surface area contributed by atoms with Crippen LogP contribution in [-0.2, 0) is 30.7 Å². The number of rotatable bonds is 0. The SMILES string of the molecule is [Cl-].[Cl-].[Zr+2]=[C]1CCCCC1.[c-]1cccc2ccc3c(c12)Cc1ccccc1-3.c1cc[cH-]c1. The van der Waals surface area contributed by atoms with E-state index in [1.807, 2.05) is 36.4 Å². The number of hydrogen-bond donors (Lipinski definition) is 0. The summed E-state index contributed by atoms with van der Waals surface area (Å²) < 4.78 is 1.80. The van der Waals surface area contributed by atoms with Crippen LogP contribution >= 0.6 is 0 Å². The molecule has 2 aliphatic rings. The van der Waals surface area contributed by atoms with Crippen LogP contribution in [0.3, 0.4) is 0 Å². The van der Waals surface area contributed by atoms with Gasteiger partial charge in [-0.15, -0.1) is 40.6 Å². The fraction of sp³-hybridized carbons (Fsp3) is 0.214. The van der Waals surface area contributed by atoms with Crippen LogP contribution in [0.5, 0.6) is 0 Å². The summed E-state index contributed by atoms with van der Waals surface area (Å²) in [6, 6.07) is 32.7. The van der Waals surface area contributed by atoms with E-state index in [4.69, 9.17) is 0 Å². The van der Waals surface area contributed by atoms with E-state index >= 15 is 0 Å². The summed E-state index contributed by atoms with van der Waals surface area (Å²) in [5, 5.41) is 2.57. The van der Waals surface area contributed by atoms with Crippen LogP contribution < -0.4 is 24.8 Å². The van der Waals surface area contributed by atoms with E-state index < -0.39 is 0 Å². The van der Waals surface area contributed by atoms with Gasteiger partial charge in [0.15, 0.2) is 0 Å². The van der Waals surface area contributed by atoms with E-state index in [1.165, 1.54) is 65.1 Å². The fourth-order valence-corrected chi connectivity index (χ4v) is 4.99. The Hall–Kier alpha value is -1.40. The Kier molecular flexibility index (Phi) is 11.0. The normalized spacial score (nSPS) is 13.3. The first-order chi connectivity index (χ1) is 14.3. The van der Waals surface area contributed by atoms with E-state index in [1.54, 1.807) is 27.4 Å². The molecular formula is C28H26Cl2Zr-2. The van der Waals surface area contributed by atoms with Gasteiger partial charge in [0.2, 0.25) is 0 Å². The molecule has 0 unspecified atom stereocenters. The van der Waals surface area contributed by atoms with E-state index in [2.05, 4.69) is 54.6 Å². The minimum absolute atomic E-state index is 0. The third kappa shape index (κ3) is 6.79. The maximum absolute atomic E-state index is 3.39. The Labute approximate surface area is 213 Å². The summed E-state index contributed by atoms with van der Waals surface area (Å²) in [4.78, 5) is 0. The Morgan fingerprint density at radius 3 is 2.13 bits per heavy atom. The molecule has 0 bridgehead atoms. The maximum atomic E-state index is 3.39. The zero-order valence-electron chi connectivity index (χ0n) is 17.6. The van der Waals surface area contributed by atoms with Crippen LogP contribution in [0.1, 0.15) is 43.2 Å². The summed E-state index contributed by atoms with van der Waals surface area (Å²) in [5.74, 6) is 0. The molecule has 1 saturated carbocycles. The molecule has 0 radical (unpaired) electrons. The van der Waals surface area contributed by atoms with Crippen molar-refractivity contribution in [1.82, 2.24) is 0 Å². The van der Waals surface area contributed by atoms with Gasteiger partial charge >= 0.3 is 59.5 Å². The predicted molar refractivity (Wildman–Crippen MR) is 121 cm³/mol. The molecular weight excluding hydrogens is 498 g/mol. The largest absolute Gasteiger partial charge is 0.214 e. The Morgan fingerprint density at radius 1 is 0.742 bits per heavy atom. The van der Waals surface area contributed by atoms with Gasteiger partial charge in [-0.05, 0) is 17.5 Å². The Bertz CT molecular complexity index is 1060. The van der Waals surface area contributed by atoms with Gasteiger partial charge in [-0.2, -0.15) is 18.2 Å². The zero-order chi connectivity index (χ0) is 19.9. The molecule has 0 aliphatic heterocycles. The van der Waals surface area contributed by atoms with Crippen LogP contribution in [0.2, 0.25) is 0 Å². The van der Waals surface area contributed by atoms with Crippen molar-refractivity contribution in [2.75, 3.05) is 0 Å². The maximum Gasteiger partial charge on any atom is -0.0246 e. The molecule has 4 aromatic carbocycles. The van der Waals surface area contributed by atoms with Gasteiger partial charge < -0.3 is 24.8 Å². The van der Waals surface area contributed by atoms with Gasteiger partial charge in [0.05, 0.1) is 0 Å². The molecule has 0 saturated heterocycles. The quantitative estimate of drug-likeness (QED) is 0.268. The monoisotopic (exact) mass is 522 g/mol. The van der Waals surface area contributed by atoms with Crippen LogP contribution in [0.25, 0.3) is 21.9 Å². The molecule has 0 atom stereocenters. The van der Waals surface area contributed by atoms with Crippen molar-refractivity contribution in [3.05, 3.63) is 102 Å². The predicted octanol–water partition coefficient (Wildman–Crippen LogP) is 1.29. The molecule has 2 aliphatic carbocycles. The third-order valence-corrected chi connectivity index (χ3v) is 6.86. The van der Waals surface area contributed by atoms with Crippen LogP contribution in [-0.4, -0.2) is 3.21 Å². The molecule has 31 heavy (non-hydrogen) atoms. The van der Waals surface area contributed by atoms with Crippen molar-refractivity contribution in [3.63, 3.8) is 0 Å². The molecule has 158 valence electrons. The molecule has 6 rings (SSSR count). The van der Waals surface area contributed by atoms with Crippen molar-refractivity contribution in [2.45, 2.75) is 38.5 Å². The van der Waals surface area contributed by atoms with E-state index in [9.17, 15) is 0 Å². The average Bonchev–Trinajstić information content (AvgIpc) is 3.46. The molecule has 0 N–H and O–H groups in total. The van der Waals surface area contributed by atoms with Gasteiger partial charge in [-0.25, -0.2) is 12.1 Å². The third-order valence-electron chi connectivity index (χ3n) is 5.63. The number of hydrogen-bond acceptors (Lipinski definition) is 0. The summed E-state index contributed by atoms with van der Waals surface area (Å²) in [7, 11) is 0. The second-order valence-electron chi connectivity index (χ2n) is 7.69. The topological polar surface area (TPSA) is 0 Å². The number of benzene rings is 3. The second kappa shape index (κ2) is 13.2. The number of halogens is 2. The zero-order valence-corrected chi connectivity index (χ0v) is 21.6. The van der Waals surface area contributed by atoms with Gasteiger partial charge in [0.1, 0.15) is 0 Å². The smallest absolute Gasteiger partial charge is 0.0246 e. The minimum Gasteiger partial charge on any atom is -0.214 e. The van der Waals surface area contributed by atoms with Crippen LogP contribution in [0, 0.1) is 6.07 Å². The molecule has 0 amide bonds. The minimum atomic E-state index is 0. The van der Waals surface area contributed by atoms with Crippen LogP contribution in [0.4, 0.5) is 0 Å². The average molecular weight is 525 g/mol. The van der Waals surface area contributed by atoms with Gasteiger partial charge in [0.25, 0.3) is 0 Å². The fourth-order valence-electron chi connectivity index (χ4n) is 4.12. The number of fused-ring (bicyclic) bond motifs is 5. The molecule has 0 spiro atoms. The van der Waals surface area contributed by atoms with Crippen molar-refractivity contribution in [2.24, 2.45) is 0 Å². The summed E-state index contributed by atoms with van der Waals surface area (Å²) in [6.07, 6.45) is 8.36. The van der Waals surface area contributed by atoms with Crippen LogP contribution in [0.15, 0.2) is 84.9 Å². The Morgan fingerprint density at radius 2 is 1.48 bits per heavy atom. The van der Waals surface area contributed by atoms with Gasteiger partial charge in [-0.1, -0.05) is 42.0 Å². The Balaban J connectivity index is 0.000000204. The molecule has 3 heteroatoms.